The van der Waals surface area contributed by atoms with Crippen LogP contribution in [-0.2, 0) is 4.79 Å². The summed E-state index contributed by atoms with van der Waals surface area (Å²) in [5.41, 5.74) is 1.34. The summed E-state index contributed by atoms with van der Waals surface area (Å²) in [6.07, 6.45) is -0.247. The molecule has 0 aliphatic carbocycles. The fourth-order valence-corrected chi connectivity index (χ4v) is 2.01. The molecule has 116 valence electrons. The smallest absolute Gasteiger partial charge is 0.305 e. The molecule has 1 aromatic carbocycles. The van der Waals surface area contributed by atoms with Gasteiger partial charge in [0.1, 0.15) is 5.75 Å². The van der Waals surface area contributed by atoms with E-state index < -0.39 is 12.0 Å². The summed E-state index contributed by atoms with van der Waals surface area (Å²) in [6, 6.07) is 4.56. The molecule has 0 bridgehead atoms. The number of Topliss-reactive ketones (excluding diaryl/α,β-unsaturated/α-hetero) is 1. The number of hydrogen-bond acceptors (Lipinski definition) is 4. The number of nitrogens with one attached hydrogen (secondary N) is 1. The molecule has 0 aromatic heterocycles. The van der Waals surface area contributed by atoms with Crippen LogP contribution in [0, 0.1) is 12.8 Å². The molecule has 0 aliphatic heterocycles. The first-order valence-electron chi connectivity index (χ1n) is 6.99. The summed E-state index contributed by atoms with van der Waals surface area (Å²) >= 11 is 0. The molecule has 5 heteroatoms. The summed E-state index contributed by atoms with van der Waals surface area (Å²) in [4.78, 5) is 23.6. The Balaban J connectivity index is 3.03. The minimum atomic E-state index is -1.00. The highest BCUT2D eigenvalue weighted by molar-refractivity contribution is 6.04. The zero-order valence-corrected chi connectivity index (χ0v) is 13.0. The number of carbonyl (C=O) groups excluding carboxylic acids is 1. The van der Waals surface area contributed by atoms with Crippen molar-refractivity contribution in [1.29, 1.82) is 0 Å². The first-order valence-corrected chi connectivity index (χ1v) is 6.99. The molecule has 1 unspecified atom stereocenters. The third-order valence-corrected chi connectivity index (χ3v) is 3.09. The van der Waals surface area contributed by atoms with Crippen molar-refractivity contribution in [2.75, 3.05) is 13.7 Å². The second kappa shape index (κ2) is 7.78. The first kappa shape index (κ1) is 17.2. The molecule has 0 saturated carbocycles. The van der Waals surface area contributed by atoms with Gasteiger partial charge in [0.25, 0.3) is 0 Å². The number of carbonyl (C=O) groups is 2. The number of hydrogen-bond donors (Lipinski definition) is 2. The minimum Gasteiger partial charge on any atom is -0.496 e. The van der Waals surface area contributed by atoms with Gasteiger partial charge in [-0.25, -0.2) is 0 Å². The van der Waals surface area contributed by atoms with Crippen molar-refractivity contribution in [3.05, 3.63) is 29.3 Å². The molecular formula is C16H23NO4. The van der Waals surface area contributed by atoms with Crippen LogP contribution >= 0.6 is 0 Å². The van der Waals surface area contributed by atoms with Crippen molar-refractivity contribution in [1.82, 2.24) is 5.32 Å². The average Bonchev–Trinajstić information content (AvgIpc) is 2.42. The number of ketones is 1. The number of aliphatic carboxylic acids is 1. The van der Waals surface area contributed by atoms with Gasteiger partial charge in [-0.1, -0.05) is 25.5 Å². The maximum Gasteiger partial charge on any atom is 0.305 e. The third kappa shape index (κ3) is 5.19. The zero-order valence-electron chi connectivity index (χ0n) is 13.0. The molecule has 5 nitrogen and oxygen atoms in total. The summed E-state index contributed by atoms with van der Waals surface area (Å²) in [6.45, 7) is 6.47. The molecule has 0 fully saturated rings. The van der Waals surface area contributed by atoms with Gasteiger partial charge in [-0.2, -0.15) is 0 Å². The first-order chi connectivity index (χ1) is 9.85. The predicted octanol–water partition coefficient (Wildman–Crippen LogP) is 2.28. The minimum absolute atomic E-state index is 0.247. The van der Waals surface area contributed by atoms with E-state index in [9.17, 15) is 9.59 Å². The molecule has 0 heterocycles. The van der Waals surface area contributed by atoms with Gasteiger partial charge in [0, 0.05) is 0 Å². The van der Waals surface area contributed by atoms with Gasteiger partial charge in [0.2, 0.25) is 0 Å². The van der Waals surface area contributed by atoms with E-state index in [2.05, 4.69) is 5.32 Å². The van der Waals surface area contributed by atoms with Crippen molar-refractivity contribution in [2.24, 2.45) is 5.92 Å². The van der Waals surface area contributed by atoms with Crippen molar-refractivity contribution >= 4 is 11.8 Å². The van der Waals surface area contributed by atoms with E-state index in [0.29, 0.717) is 23.8 Å². The number of ether oxygens (including phenoxy) is 1. The molecule has 0 aliphatic rings. The van der Waals surface area contributed by atoms with Crippen molar-refractivity contribution < 1.29 is 19.4 Å². The van der Waals surface area contributed by atoms with Crippen molar-refractivity contribution in [2.45, 2.75) is 33.2 Å². The maximum atomic E-state index is 12.6. The predicted molar refractivity (Wildman–Crippen MR) is 80.9 cm³/mol. The highest BCUT2D eigenvalue weighted by Gasteiger charge is 2.25. The standard InChI is InChI=1S/C16H23NO4/c1-10(2)9-17-13(8-15(18)19)16(20)12-7-11(3)5-6-14(12)21-4/h5-7,10,13,17H,8-9H2,1-4H3,(H,18,19). The summed E-state index contributed by atoms with van der Waals surface area (Å²) in [5, 5.41) is 12.0. The summed E-state index contributed by atoms with van der Waals surface area (Å²) in [7, 11) is 1.50. The number of carboxylic acid groups (broad SMARTS) is 1. The second-order valence-corrected chi connectivity index (χ2v) is 5.52. The van der Waals surface area contributed by atoms with Gasteiger partial charge in [0.05, 0.1) is 25.1 Å². The molecule has 1 rings (SSSR count). The van der Waals surface area contributed by atoms with Crippen molar-refractivity contribution in [3.63, 3.8) is 0 Å². The van der Waals surface area contributed by atoms with Crippen molar-refractivity contribution in [3.8, 4) is 5.75 Å². The zero-order chi connectivity index (χ0) is 16.0. The van der Waals surface area contributed by atoms with Crippen LogP contribution in [-0.4, -0.2) is 36.6 Å². The quantitative estimate of drug-likeness (QED) is 0.719. The van der Waals surface area contributed by atoms with E-state index in [1.54, 1.807) is 12.1 Å². The molecule has 1 aromatic rings. The van der Waals surface area contributed by atoms with Gasteiger partial charge in [-0.15, -0.1) is 0 Å². The Morgan fingerprint density at radius 2 is 2.00 bits per heavy atom. The van der Waals surface area contributed by atoms with Crippen LogP contribution in [0.1, 0.15) is 36.2 Å². The monoisotopic (exact) mass is 293 g/mol. The van der Waals surface area contributed by atoms with Gasteiger partial charge in [-0.3, -0.25) is 9.59 Å². The van der Waals surface area contributed by atoms with E-state index in [1.165, 1.54) is 7.11 Å². The SMILES string of the molecule is COc1ccc(C)cc1C(=O)C(CC(=O)O)NCC(C)C. The maximum absolute atomic E-state index is 12.6. The van der Waals surface area contributed by atoms with Gasteiger partial charge < -0.3 is 15.2 Å². The Hall–Kier alpha value is -1.88. The van der Waals surface area contributed by atoms with E-state index >= 15 is 0 Å². The van der Waals surface area contributed by atoms with Gasteiger partial charge in [-0.05, 0) is 31.5 Å². The highest BCUT2D eigenvalue weighted by atomic mass is 16.5. The molecule has 0 amide bonds. The molecule has 21 heavy (non-hydrogen) atoms. The normalized spacial score (nSPS) is 12.2. The number of benzene rings is 1. The van der Waals surface area contributed by atoms with E-state index in [4.69, 9.17) is 9.84 Å². The van der Waals surface area contributed by atoms with Crippen LogP contribution in [0.25, 0.3) is 0 Å². The molecule has 0 saturated heterocycles. The second-order valence-electron chi connectivity index (χ2n) is 5.52. The summed E-state index contributed by atoms with van der Waals surface area (Å²) < 4.78 is 5.21. The number of aryl methyl sites for hydroxylation is 1. The van der Waals surface area contributed by atoms with Gasteiger partial charge >= 0.3 is 5.97 Å². The Morgan fingerprint density at radius 3 is 2.52 bits per heavy atom. The molecule has 0 radical (unpaired) electrons. The Bertz CT molecular complexity index is 511. The Kier molecular flexibility index (Phi) is 6.37. The van der Waals surface area contributed by atoms with Crippen LogP contribution in [0.5, 0.6) is 5.75 Å². The Morgan fingerprint density at radius 1 is 1.33 bits per heavy atom. The topological polar surface area (TPSA) is 75.6 Å². The summed E-state index contributed by atoms with van der Waals surface area (Å²) in [5.74, 6) is -0.462. The third-order valence-electron chi connectivity index (χ3n) is 3.09. The molecule has 0 spiro atoms. The highest BCUT2D eigenvalue weighted by Crippen LogP contribution is 2.22. The lowest BCUT2D eigenvalue weighted by molar-refractivity contribution is -0.137. The van der Waals surface area contributed by atoms with E-state index in [1.807, 2.05) is 26.8 Å². The lowest BCUT2D eigenvalue weighted by atomic mass is 9.98. The lowest BCUT2D eigenvalue weighted by Crippen LogP contribution is -2.40. The van der Waals surface area contributed by atoms with Gasteiger partial charge in [0.15, 0.2) is 5.78 Å². The fourth-order valence-electron chi connectivity index (χ4n) is 2.01. The number of carboxylic acids is 1. The molecule has 1 atom stereocenters. The van der Waals surface area contributed by atoms with E-state index in [-0.39, 0.29) is 12.2 Å². The molecule has 2 N–H and O–H groups in total. The fraction of sp³-hybridized carbons (Fsp3) is 0.500. The number of rotatable bonds is 8. The largest absolute Gasteiger partial charge is 0.496 e. The lowest BCUT2D eigenvalue weighted by Gasteiger charge is -2.19. The average molecular weight is 293 g/mol. The molecular weight excluding hydrogens is 270 g/mol. The van der Waals surface area contributed by atoms with Crippen LogP contribution < -0.4 is 10.1 Å². The van der Waals surface area contributed by atoms with Crippen LogP contribution in [0.2, 0.25) is 0 Å². The van der Waals surface area contributed by atoms with E-state index in [0.717, 1.165) is 5.56 Å². The Labute approximate surface area is 125 Å². The number of methoxy groups -OCH3 is 1. The van der Waals surface area contributed by atoms with Crippen LogP contribution in [0.3, 0.4) is 0 Å². The van der Waals surface area contributed by atoms with Crippen LogP contribution in [0.4, 0.5) is 0 Å². The van der Waals surface area contributed by atoms with Crippen LogP contribution in [0.15, 0.2) is 18.2 Å².